The summed E-state index contributed by atoms with van der Waals surface area (Å²) in [5, 5.41) is 8.57. The molecule has 0 amide bonds. The van der Waals surface area contributed by atoms with Crippen LogP contribution in [0.2, 0.25) is 0 Å². The van der Waals surface area contributed by atoms with E-state index in [1.54, 1.807) is 0 Å². The van der Waals surface area contributed by atoms with Crippen molar-refractivity contribution in [2.75, 3.05) is 0 Å². The molecule has 0 aromatic rings. The van der Waals surface area contributed by atoms with Crippen LogP contribution in [0, 0.1) is 0 Å². The molecule has 0 aromatic carbocycles. The van der Waals surface area contributed by atoms with Crippen LogP contribution in [0.4, 0.5) is 0 Å². The van der Waals surface area contributed by atoms with Gasteiger partial charge in [0.2, 0.25) is 0 Å². The van der Waals surface area contributed by atoms with Gasteiger partial charge in [0, 0.05) is 6.42 Å². The van der Waals surface area contributed by atoms with Crippen molar-refractivity contribution < 1.29 is 9.90 Å². The van der Waals surface area contributed by atoms with Gasteiger partial charge in [-0.15, -0.1) is 0 Å². The fourth-order valence-electron chi connectivity index (χ4n) is 3.90. The summed E-state index contributed by atoms with van der Waals surface area (Å²) in [5.41, 5.74) is 0. The summed E-state index contributed by atoms with van der Waals surface area (Å²) in [6, 6.07) is 0. The molecule has 186 valence electrons. The molecule has 2 heteroatoms. The largest absolute Gasteiger partial charge is 0.481 e. The number of carboxylic acids is 1. The van der Waals surface area contributed by atoms with Gasteiger partial charge in [0.25, 0.3) is 0 Å². The van der Waals surface area contributed by atoms with Crippen molar-refractivity contribution in [3.63, 3.8) is 0 Å². The molecule has 0 radical (unpaired) electrons. The lowest BCUT2D eigenvalue weighted by molar-refractivity contribution is -0.137. The molecule has 0 bridgehead atoms. The average Bonchev–Trinajstić information content (AvgIpc) is 2.78. The van der Waals surface area contributed by atoms with E-state index in [4.69, 9.17) is 5.11 Å². The fourth-order valence-corrected chi connectivity index (χ4v) is 3.90. The molecule has 0 fully saturated rings. The molecule has 0 unspecified atom stereocenters. The summed E-state index contributed by atoms with van der Waals surface area (Å²) in [6.07, 6.45) is 41.1. The van der Waals surface area contributed by atoms with Gasteiger partial charge < -0.3 is 5.11 Å². The second kappa shape index (κ2) is 27.7. The Morgan fingerprint density at radius 3 is 1.16 bits per heavy atom. The van der Waals surface area contributed by atoms with Crippen LogP contribution >= 0.6 is 0 Å². The highest BCUT2D eigenvalue weighted by Crippen LogP contribution is 2.13. The minimum absolute atomic E-state index is 0.279. The van der Waals surface area contributed by atoms with Gasteiger partial charge in [-0.1, -0.05) is 114 Å². The van der Waals surface area contributed by atoms with Gasteiger partial charge in [0.1, 0.15) is 0 Å². The molecule has 0 rings (SSSR count). The quantitative estimate of drug-likeness (QED) is 0.112. The Hall–Kier alpha value is -1.31. The van der Waals surface area contributed by atoms with Crippen molar-refractivity contribution >= 4 is 5.97 Å². The maximum atomic E-state index is 10.4. The van der Waals surface area contributed by atoms with E-state index in [0.29, 0.717) is 0 Å². The standard InChI is InChI=1S/C30H54O2/c1-2-3-4-5-6-7-8-9-10-11-12-13-14-15-16-17-18-19-20-21-22-23-24-25-26-27-28-29-30(31)32/h7-8,21-22,25-26H,2-6,9-20,23-24,27-29H2,1H3,(H,31,32)/b8-7+,22-21+,26-25+. The highest BCUT2D eigenvalue weighted by atomic mass is 16.4. The van der Waals surface area contributed by atoms with Gasteiger partial charge in [0.15, 0.2) is 0 Å². The van der Waals surface area contributed by atoms with Crippen LogP contribution < -0.4 is 0 Å². The lowest BCUT2D eigenvalue weighted by atomic mass is 10.0. The summed E-state index contributed by atoms with van der Waals surface area (Å²) in [4.78, 5) is 10.4. The van der Waals surface area contributed by atoms with E-state index in [1.807, 2.05) is 0 Å². The fraction of sp³-hybridized carbons (Fsp3) is 0.767. The van der Waals surface area contributed by atoms with E-state index in [2.05, 4.69) is 43.4 Å². The summed E-state index contributed by atoms with van der Waals surface area (Å²) >= 11 is 0. The summed E-state index contributed by atoms with van der Waals surface area (Å²) in [6.45, 7) is 2.27. The van der Waals surface area contributed by atoms with Crippen molar-refractivity contribution in [1.29, 1.82) is 0 Å². The van der Waals surface area contributed by atoms with E-state index in [0.717, 1.165) is 25.7 Å². The first-order valence-corrected chi connectivity index (χ1v) is 13.9. The van der Waals surface area contributed by atoms with Gasteiger partial charge in [-0.25, -0.2) is 0 Å². The molecule has 0 spiro atoms. The summed E-state index contributed by atoms with van der Waals surface area (Å²) < 4.78 is 0. The van der Waals surface area contributed by atoms with E-state index < -0.39 is 5.97 Å². The van der Waals surface area contributed by atoms with Crippen molar-refractivity contribution in [2.45, 2.75) is 148 Å². The maximum absolute atomic E-state index is 10.4. The zero-order valence-electron chi connectivity index (χ0n) is 21.4. The number of rotatable bonds is 25. The van der Waals surface area contributed by atoms with Crippen molar-refractivity contribution in [3.8, 4) is 0 Å². The van der Waals surface area contributed by atoms with E-state index in [1.165, 1.54) is 109 Å². The average molecular weight is 447 g/mol. The van der Waals surface area contributed by atoms with Crippen LogP contribution in [0.15, 0.2) is 36.5 Å². The van der Waals surface area contributed by atoms with Gasteiger partial charge in [-0.05, 0) is 64.2 Å². The molecule has 1 N–H and O–H groups in total. The SMILES string of the molecule is CCCCCC/C=C/CCCCCCCCCCCC/C=C/CC/C=C/CCCC(=O)O. The van der Waals surface area contributed by atoms with Crippen LogP contribution in [0.3, 0.4) is 0 Å². The molecule has 0 saturated heterocycles. The number of carboxylic acid groups (broad SMARTS) is 1. The second-order valence-electron chi connectivity index (χ2n) is 9.24. The van der Waals surface area contributed by atoms with Crippen LogP contribution in [-0.2, 0) is 4.79 Å². The van der Waals surface area contributed by atoms with Crippen LogP contribution in [-0.4, -0.2) is 11.1 Å². The molecule has 32 heavy (non-hydrogen) atoms. The highest BCUT2D eigenvalue weighted by Gasteiger charge is 1.94. The molecular weight excluding hydrogens is 392 g/mol. The predicted octanol–water partition coefficient (Wildman–Crippen LogP) is 10.3. The summed E-state index contributed by atoms with van der Waals surface area (Å²) in [5.74, 6) is -0.695. The normalized spacial score (nSPS) is 12.0. The Bertz CT molecular complexity index is 461. The first-order chi connectivity index (χ1) is 15.8. The van der Waals surface area contributed by atoms with Gasteiger partial charge >= 0.3 is 5.97 Å². The summed E-state index contributed by atoms with van der Waals surface area (Å²) in [7, 11) is 0. The first-order valence-electron chi connectivity index (χ1n) is 13.9. The maximum Gasteiger partial charge on any atom is 0.303 e. The third-order valence-corrected chi connectivity index (χ3v) is 5.98. The number of aliphatic carboxylic acids is 1. The lowest BCUT2D eigenvalue weighted by Gasteiger charge is -2.02. The van der Waals surface area contributed by atoms with Crippen LogP contribution in [0.1, 0.15) is 148 Å². The smallest absolute Gasteiger partial charge is 0.303 e. The van der Waals surface area contributed by atoms with Crippen molar-refractivity contribution in [1.82, 2.24) is 0 Å². The zero-order chi connectivity index (χ0) is 23.4. The highest BCUT2D eigenvalue weighted by molar-refractivity contribution is 5.66. The third kappa shape index (κ3) is 28.7. The van der Waals surface area contributed by atoms with Crippen molar-refractivity contribution in [2.24, 2.45) is 0 Å². The Labute approximate surface area is 200 Å². The van der Waals surface area contributed by atoms with Gasteiger partial charge in [-0.2, -0.15) is 0 Å². The number of carbonyl (C=O) groups is 1. The molecule has 0 aliphatic carbocycles. The molecule has 0 aliphatic heterocycles. The molecule has 2 nitrogen and oxygen atoms in total. The Kier molecular flexibility index (Phi) is 26.6. The molecular formula is C30H54O2. The topological polar surface area (TPSA) is 37.3 Å². The number of hydrogen-bond donors (Lipinski definition) is 1. The first kappa shape index (κ1) is 30.7. The Morgan fingerprint density at radius 1 is 0.469 bits per heavy atom. The number of hydrogen-bond acceptors (Lipinski definition) is 1. The monoisotopic (exact) mass is 446 g/mol. The van der Waals surface area contributed by atoms with E-state index in [9.17, 15) is 4.79 Å². The van der Waals surface area contributed by atoms with Gasteiger partial charge in [0.05, 0.1) is 0 Å². The predicted molar refractivity (Wildman–Crippen MR) is 142 cm³/mol. The lowest BCUT2D eigenvalue weighted by Crippen LogP contribution is -1.92. The molecule has 0 aliphatic rings. The molecule has 0 saturated carbocycles. The Morgan fingerprint density at radius 2 is 0.781 bits per heavy atom. The molecule has 0 heterocycles. The second-order valence-corrected chi connectivity index (χ2v) is 9.24. The third-order valence-electron chi connectivity index (χ3n) is 5.98. The molecule has 0 atom stereocenters. The minimum Gasteiger partial charge on any atom is -0.481 e. The van der Waals surface area contributed by atoms with E-state index >= 15 is 0 Å². The number of allylic oxidation sites excluding steroid dienone is 6. The molecule has 0 aromatic heterocycles. The number of unbranched alkanes of at least 4 members (excludes halogenated alkanes) is 17. The Balaban J connectivity index is 3.17. The van der Waals surface area contributed by atoms with Crippen molar-refractivity contribution in [3.05, 3.63) is 36.5 Å². The van der Waals surface area contributed by atoms with Crippen LogP contribution in [0.5, 0.6) is 0 Å². The van der Waals surface area contributed by atoms with Crippen LogP contribution in [0.25, 0.3) is 0 Å². The zero-order valence-corrected chi connectivity index (χ0v) is 21.4. The van der Waals surface area contributed by atoms with E-state index in [-0.39, 0.29) is 6.42 Å². The minimum atomic E-state index is -0.695. The van der Waals surface area contributed by atoms with Gasteiger partial charge in [-0.3, -0.25) is 4.79 Å².